The highest BCUT2D eigenvalue weighted by atomic mass is 31.1. The molecule has 0 N–H and O–H groups in total. The summed E-state index contributed by atoms with van der Waals surface area (Å²) in [6.45, 7) is 8.22. The maximum atomic E-state index is 2.47. The third-order valence-electron chi connectivity index (χ3n) is 7.16. The van der Waals surface area contributed by atoms with E-state index in [0.29, 0.717) is 0 Å². The molecule has 0 fully saturated rings. The molecule has 1 unspecified atom stereocenters. The normalized spacial score (nSPS) is 11.6. The summed E-state index contributed by atoms with van der Waals surface area (Å²) >= 11 is 0. The number of rotatable bonds is 11. The van der Waals surface area contributed by atoms with E-state index in [2.05, 4.69) is 163 Å². The maximum Gasteiger partial charge on any atom is 0.0433 e. The first-order chi connectivity index (χ1) is 19.2. The van der Waals surface area contributed by atoms with Crippen LogP contribution < -0.4 is 25.7 Å². The van der Waals surface area contributed by atoms with E-state index in [4.69, 9.17) is 0 Å². The van der Waals surface area contributed by atoms with Gasteiger partial charge in [-0.25, -0.2) is 0 Å². The summed E-state index contributed by atoms with van der Waals surface area (Å²) in [6, 6.07) is 51.0. The van der Waals surface area contributed by atoms with Crippen LogP contribution >= 0.6 is 7.92 Å². The Labute approximate surface area is 235 Å². The number of nitrogens with zero attached hydrogens (tertiary/aromatic N) is 2. The molecule has 5 aromatic rings. The molecule has 0 spiro atoms. The molecule has 0 aliphatic carbocycles. The van der Waals surface area contributed by atoms with E-state index < -0.39 is 7.92 Å². The number of benzene rings is 5. The highest BCUT2D eigenvalue weighted by Crippen LogP contribution is 2.34. The molecule has 0 bridgehead atoms. The molecule has 0 amide bonds. The van der Waals surface area contributed by atoms with Crippen LogP contribution in [0.2, 0.25) is 0 Å². The van der Waals surface area contributed by atoms with Gasteiger partial charge in [-0.1, -0.05) is 115 Å². The standard InChI is InChI=1S/C36H37N2P/c1-3-37(4-2)32-20-24-35(25-21-32)39(34-18-12-7-13-19-34)36-26-22-33(23-27-36)38(28-30-14-8-5-9-15-30)29-31-16-10-6-11-17-31/h5-27H,3-4,28-29H2,1-2H3. The lowest BCUT2D eigenvalue weighted by atomic mass is 10.1. The summed E-state index contributed by atoms with van der Waals surface area (Å²) in [4.78, 5) is 4.87. The minimum atomic E-state index is -0.651. The van der Waals surface area contributed by atoms with Crippen molar-refractivity contribution in [2.75, 3.05) is 22.9 Å². The summed E-state index contributed by atoms with van der Waals surface area (Å²) in [5.74, 6) is 0. The van der Waals surface area contributed by atoms with Crippen molar-refractivity contribution < 1.29 is 0 Å². The first-order valence-electron chi connectivity index (χ1n) is 13.9. The quantitative estimate of drug-likeness (QED) is 0.164. The smallest absolute Gasteiger partial charge is 0.0433 e. The van der Waals surface area contributed by atoms with Gasteiger partial charge >= 0.3 is 0 Å². The fourth-order valence-corrected chi connectivity index (χ4v) is 7.34. The molecule has 3 heteroatoms. The average Bonchev–Trinajstić information content (AvgIpc) is 3.00. The fraction of sp³-hybridized carbons (Fsp3) is 0.167. The Hall–Kier alpha value is -3.87. The van der Waals surface area contributed by atoms with Gasteiger partial charge in [0.25, 0.3) is 0 Å². The van der Waals surface area contributed by atoms with E-state index in [1.54, 1.807) is 0 Å². The van der Waals surface area contributed by atoms with Gasteiger partial charge in [-0.3, -0.25) is 0 Å². The summed E-state index contributed by atoms with van der Waals surface area (Å²) in [6.07, 6.45) is 0. The van der Waals surface area contributed by atoms with Crippen molar-refractivity contribution in [1.29, 1.82) is 0 Å². The molecule has 39 heavy (non-hydrogen) atoms. The van der Waals surface area contributed by atoms with Crippen molar-refractivity contribution in [3.63, 3.8) is 0 Å². The molecule has 0 aliphatic rings. The number of anilines is 2. The Morgan fingerprint density at radius 2 is 0.769 bits per heavy atom. The van der Waals surface area contributed by atoms with Crippen LogP contribution in [-0.4, -0.2) is 13.1 Å². The molecule has 0 aromatic heterocycles. The van der Waals surface area contributed by atoms with Crippen LogP contribution in [0.1, 0.15) is 25.0 Å². The second kappa shape index (κ2) is 13.3. The minimum absolute atomic E-state index is 0.651. The van der Waals surface area contributed by atoms with Crippen molar-refractivity contribution in [1.82, 2.24) is 0 Å². The molecule has 1 atom stereocenters. The van der Waals surface area contributed by atoms with Gasteiger partial charge in [-0.2, -0.15) is 0 Å². The van der Waals surface area contributed by atoms with Gasteiger partial charge in [0.05, 0.1) is 0 Å². The van der Waals surface area contributed by atoms with Gasteiger partial charge in [0, 0.05) is 37.6 Å². The molecule has 0 saturated heterocycles. The van der Waals surface area contributed by atoms with Crippen molar-refractivity contribution in [3.05, 3.63) is 151 Å². The topological polar surface area (TPSA) is 6.48 Å². The first-order valence-corrected chi connectivity index (χ1v) is 15.2. The maximum absolute atomic E-state index is 2.47. The van der Waals surface area contributed by atoms with Crippen LogP contribution in [0.4, 0.5) is 11.4 Å². The summed E-state index contributed by atoms with van der Waals surface area (Å²) < 4.78 is 0. The van der Waals surface area contributed by atoms with Crippen molar-refractivity contribution >= 4 is 35.2 Å². The Balaban J connectivity index is 1.47. The molecule has 5 rings (SSSR count). The van der Waals surface area contributed by atoms with Crippen LogP contribution in [0, 0.1) is 0 Å². The Bertz CT molecular complexity index is 1360. The lowest BCUT2D eigenvalue weighted by molar-refractivity contribution is 0.800. The molecule has 5 aromatic carbocycles. The van der Waals surface area contributed by atoms with Gasteiger partial charge in [-0.15, -0.1) is 0 Å². The van der Waals surface area contributed by atoms with E-state index >= 15 is 0 Å². The summed E-state index contributed by atoms with van der Waals surface area (Å²) in [5, 5.41) is 4.13. The molecular weight excluding hydrogens is 491 g/mol. The van der Waals surface area contributed by atoms with Crippen LogP contribution in [0.15, 0.2) is 140 Å². The van der Waals surface area contributed by atoms with E-state index in [9.17, 15) is 0 Å². The van der Waals surface area contributed by atoms with Crippen LogP contribution in [0.25, 0.3) is 0 Å². The Morgan fingerprint density at radius 3 is 1.18 bits per heavy atom. The zero-order valence-electron chi connectivity index (χ0n) is 22.9. The zero-order valence-corrected chi connectivity index (χ0v) is 23.8. The largest absolute Gasteiger partial charge is 0.372 e. The monoisotopic (exact) mass is 528 g/mol. The van der Waals surface area contributed by atoms with Gasteiger partial charge in [-0.05, 0) is 73.1 Å². The lowest BCUT2D eigenvalue weighted by Crippen LogP contribution is -2.24. The second-order valence-electron chi connectivity index (χ2n) is 9.70. The predicted octanol–water partition coefficient (Wildman–Crippen LogP) is 7.50. The van der Waals surface area contributed by atoms with E-state index in [1.807, 2.05) is 0 Å². The fourth-order valence-electron chi connectivity index (χ4n) is 5.08. The molecular formula is C36H37N2P. The van der Waals surface area contributed by atoms with Gasteiger partial charge in [0.1, 0.15) is 0 Å². The predicted molar refractivity (Wildman–Crippen MR) is 171 cm³/mol. The molecule has 0 saturated carbocycles. The summed E-state index contributed by atoms with van der Waals surface area (Å²) in [7, 11) is -0.651. The third kappa shape index (κ3) is 6.77. The van der Waals surface area contributed by atoms with Gasteiger partial charge in [0.2, 0.25) is 0 Å². The highest BCUT2D eigenvalue weighted by molar-refractivity contribution is 7.79. The first kappa shape index (κ1) is 26.7. The van der Waals surface area contributed by atoms with Crippen LogP contribution in [0.5, 0.6) is 0 Å². The SMILES string of the molecule is CCN(CC)c1ccc(P(c2ccccc2)c2ccc(N(Cc3ccccc3)Cc3ccccc3)cc2)cc1. The molecule has 0 heterocycles. The van der Waals surface area contributed by atoms with Crippen molar-refractivity contribution in [2.45, 2.75) is 26.9 Å². The van der Waals surface area contributed by atoms with Crippen LogP contribution in [0.3, 0.4) is 0 Å². The zero-order chi connectivity index (χ0) is 26.9. The molecule has 2 nitrogen and oxygen atoms in total. The van der Waals surface area contributed by atoms with Crippen LogP contribution in [-0.2, 0) is 13.1 Å². The second-order valence-corrected chi connectivity index (χ2v) is 11.9. The van der Waals surface area contributed by atoms with Crippen molar-refractivity contribution in [3.8, 4) is 0 Å². The Morgan fingerprint density at radius 1 is 0.410 bits per heavy atom. The van der Waals surface area contributed by atoms with E-state index in [1.165, 1.54) is 38.4 Å². The lowest BCUT2D eigenvalue weighted by Gasteiger charge is -2.27. The highest BCUT2D eigenvalue weighted by Gasteiger charge is 2.18. The minimum Gasteiger partial charge on any atom is -0.372 e. The molecule has 0 aliphatic heterocycles. The third-order valence-corrected chi connectivity index (χ3v) is 9.60. The Kier molecular flexibility index (Phi) is 9.09. The van der Waals surface area contributed by atoms with Crippen molar-refractivity contribution in [2.24, 2.45) is 0 Å². The number of hydrogen-bond donors (Lipinski definition) is 0. The summed E-state index contributed by atoms with van der Waals surface area (Å²) in [5.41, 5.74) is 5.17. The average molecular weight is 529 g/mol. The van der Waals surface area contributed by atoms with Gasteiger partial charge < -0.3 is 9.80 Å². The molecule has 0 radical (unpaired) electrons. The van der Waals surface area contributed by atoms with Gasteiger partial charge in [0.15, 0.2) is 0 Å². The van der Waals surface area contributed by atoms with E-state index in [-0.39, 0.29) is 0 Å². The molecule has 196 valence electrons. The van der Waals surface area contributed by atoms with E-state index in [0.717, 1.165) is 26.2 Å². The number of hydrogen-bond acceptors (Lipinski definition) is 2.